The lowest BCUT2D eigenvalue weighted by atomic mass is 9.79. The van der Waals surface area contributed by atoms with Crippen LogP contribution in [0.3, 0.4) is 0 Å². The molecule has 1 amide bonds. The number of amides is 1. The van der Waals surface area contributed by atoms with E-state index in [1.807, 2.05) is 6.92 Å². The highest BCUT2D eigenvalue weighted by Crippen LogP contribution is 2.30. The molecule has 2 aliphatic rings. The SMILES string of the molecule is CC([SiH3])C(=O)N1C[C@H](CCCB2OCCNCCO2)[C@H](C(=O)O)C1. The third-order valence-electron chi connectivity index (χ3n) is 4.74. The standard InChI is InChI=1S/C15H29BN2O5Si/c1-11(24)14(19)18-9-12(13(10-18)15(20)21)3-2-4-16-22-7-5-17-6-8-23-16/h11-13,17H,2-10H2,1,24H3,(H,20,21)/t11?,12-,13+/m0/s1. The maximum atomic E-state index is 12.2. The van der Waals surface area contributed by atoms with Gasteiger partial charge in [0.05, 0.1) is 5.92 Å². The Balaban J connectivity index is 1.80. The number of nitrogens with one attached hydrogen (secondary N) is 1. The molecule has 0 bridgehead atoms. The molecule has 2 heterocycles. The van der Waals surface area contributed by atoms with Crippen molar-refractivity contribution >= 4 is 29.2 Å². The molecule has 0 aliphatic carbocycles. The number of carbonyl (C=O) groups is 2. The number of carbonyl (C=O) groups excluding carboxylic acids is 1. The van der Waals surface area contributed by atoms with Gasteiger partial charge in [0, 0.05) is 55.2 Å². The second kappa shape index (κ2) is 9.55. The molecule has 2 N–H and O–H groups in total. The van der Waals surface area contributed by atoms with Crippen LogP contribution in [0.5, 0.6) is 0 Å². The first-order valence-corrected chi connectivity index (χ1v) is 10.1. The Kier molecular flexibility index (Phi) is 7.73. The van der Waals surface area contributed by atoms with E-state index in [0.717, 1.165) is 42.5 Å². The quantitative estimate of drug-likeness (QED) is 0.608. The second-order valence-electron chi connectivity index (χ2n) is 6.95. The van der Waals surface area contributed by atoms with Crippen molar-refractivity contribution in [1.29, 1.82) is 0 Å². The van der Waals surface area contributed by atoms with Crippen LogP contribution in [-0.2, 0) is 18.9 Å². The summed E-state index contributed by atoms with van der Waals surface area (Å²) in [6.07, 6.45) is 2.41. The summed E-state index contributed by atoms with van der Waals surface area (Å²) in [7, 11) is 0.603. The van der Waals surface area contributed by atoms with Crippen molar-refractivity contribution in [3.63, 3.8) is 0 Å². The van der Waals surface area contributed by atoms with Crippen molar-refractivity contribution in [2.75, 3.05) is 39.4 Å². The maximum Gasteiger partial charge on any atom is 0.456 e. The van der Waals surface area contributed by atoms with Crippen molar-refractivity contribution in [3.8, 4) is 0 Å². The molecule has 0 radical (unpaired) electrons. The zero-order valence-corrected chi connectivity index (χ0v) is 16.7. The first-order chi connectivity index (χ1) is 11.5. The molecule has 0 saturated carbocycles. The van der Waals surface area contributed by atoms with Gasteiger partial charge in [-0.2, -0.15) is 0 Å². The Bertz CT molecular complexity index is 432. The van der Waals surface area contributed by atoms with Crippen LogP contribution >= 0.6 is 0 Å². The summed E-state index contributed by atoms with van der Waals surface area (Å²) in [6, 6.07) is 0. The molecular formula is C15H29BN2O5Si. The van der Waals surface area contributed by atoms with E-state index < -0.39 is 11.9 Å². The molecule has 0 spiro atoms. The number of aliphatic carboxylic acids is 1. The normalized spacial score (nSPS) is 26.9. The van der Waals surface area contributed by atoms with E-state index in [4.69, 9.17) is 9.31 Å². The molecule has 24 heavy (non-hydrogen) atoms. The van der Waals surface area contributed by atoms with Crippen LogP contribution in [0.15, 0.2) is 0 Å². The predicted molar refractivity (Wildman–Crippen MR) is 95.1 cm³/mol. The maximum absolute atomic E-state index is 12.2. The van der Waals surface area contributed by atoms with E-state index in [-0.39, 0.29) is 24.5 Å². The summed E-state index contributed by atoms with van der Waals surface area (Å²) >= 11 is 0. The highest BCUT2D eigenvalue weighted by molar-refractivity contribution is 6.44. The summed E-state index contributed by atoms with van der Waals surface area (Å²) in [5.41, 5.74) is 0.0449. The van der Waals surface area contributed by atoms with Gasteiger partial charge in [0.25, 0.3) is 0 Å². The fourth-order valence-corrected chi connectivity index (χ4v) is 3.77. The van der Waals surface area contributed by atoms with Gasteiger partial charge in [0.2, 0.25) is 5.91 Å². The van der Waals surface area contributed by atoms with E-state index in [0.29, 0.717) is 26.3 Å². The zero-order valence-electron chi connectivity index (χ0n) is 14.7. The zero-order chi connectivity index (χ0) is 17.5. The van der Waals surface area contributed by atoms with Gasteiger partial charge >= 0.3 is 13.1 Å². The largest absolute Gasteiger partial charge is 0.481 e. The molecule has 9 heteroatoms. The van der Waals surface area contributed by atoms with E-state index in [2.05, 4.69) is 5.32 Å². The number of rotatable bonds is 6. The highest BCUT2D eigenvalue weighted by Gasteiger charge is 2.39. The molecule has 2 aliphatic heterocycles. The Labute approximate surface area is 147 Å². The summed E-state index contributed by atoms with van der Waals surface area (Å²) in [4.78, 5) is 25.4. The third kappa shape index (κ3) is 5.58. The summed E-state index contributed by atoms with van der Waals surface area (Å²) < 4.78 is 11.3. The monoisotopic (exact) mass is 356 g/mol. The summed E-state index contributed by atoms with van der Waals surface area (Å²) in [5, 5.41) is 12.7. The minimum absolute atomic E-state index is 0.0297. The van der Waals surface area contributed by atoms with E-state index in [1.165, 1.54) is 0 Å². The van der Waals surface area contributed by atoms with Crippen LogP contribution < -0.4 is 5.32 Å². The van der Waals surface area contributed by atoms with Crippen LogP contribution in [0.25, 0.3) is 0 Å². The van der Waals surface area contributed by atoms with Crippen LogP contribution in [0.2, 0.25) is 11.9 Å². The number of hydrogen-bond donors (Lipinski definition) is 2. The average molecular weight is 356 g/mol. The Morgan fingerprint density at radius 3 is 2.58 bits per heavy atom. The van der Waals surface area contributed by atoms with Crippen LogP contribution in [0.1, 0.15) is 19.8 Å². The van der Waals surface area contributed by atoms with Crippen molar-refractivity contribution in [1.82, 2.24) is 10.2 Å². The van der Waals surface area contributed by atoms with Crippen molar-refractivity contribution in [2.24, 2.45) is 11.8 Å². The van der Waals surface area contributed by atoms with E-state index in [9.17, 15) is 14.7 Å². The minimum atomic E-state index is -0.791. The van der Waals surface area contributed by atoms with Gasteiger partial charge in [-0.3, -0.25) is 9.59 Å². The fourth-order valence-electron chi connectivity index (χ4n) is 3.40. The van der Waals surface area contributed by atoms with Crippen LogP contribution in [0.4, 0.5) is 0 Å². The van der Waals surface area contributed by atoms with Gasteiger partial charge < -0.3 is 24.6 Å². The number of carboxylic acids is 1. The molecule has 136 valence electrons. The average Bonchev–Trinajstić information content (AvgIpc) is 2.92. The molecular weight excluding hydrogens is 327 g/mol. The molecule has 2 saturated heterocycles. The minimum Gasteiger partial charge on any atom is -0.481 e. The van der Waals surface area contributed by atoms with E-state index in [1.54, 1.807) is 4.90 Å². The third-order valence-corrected chi connectivity index (χ3v) is 5.24. The number of nitrogens with zero attached hydrogens (tertiary/aromatic N) is 1. The molecule has 2 rings (SSSR count). The molecule has 3 atom stereocenters. The molecule has 2 fully saturated rings. The highest BCUT2D eigenvalue weighted by atomic mass is 28.1. The number of hydrogen-bond acceptors (Lipinski definition) is 5. The summed E-state index contributed by atoms with van der Waals surface area (Å²) in [6.45, 7) is 5.76. The lowest BCUT2D eigenvalue weighted by Gasteiger charge is -2.20. The molecule has 0 aromatic carbocycles. The Morgan fingerprint density at radius 2 is 2.00 bits per heavy atom. The van der Waals surface area contributed by atoms with Crippen molar-refractivity contribution in [3.05, 3.63) is 0 Å². The Hall–Kier alpha value is -0.898. The topological polar surface area (TPSA) is 88.1 Å². The number of carboxylic acid groups (broad SMARTS) is 1. The van der Waals surface area contributed by atoms with Gasteiger partial charge in [-0.05, 0) is 18.7 Å². The van der Waals surface area contributed by atoms with Gasteiger partial charge in [-0.25, -0.2) is 0 Å². The van der Waals surface area contributed by atoms with Crippen molar-refractivity contribution < 1.29 is 24.0 Å². The van der Waals surface area contributed by atoms with Gasteiger partial charge in [0.1, 0.15) is 0 Å². The molecule has 0 aromatic rings. The van der Waals surface area contributed by atoms with E-state index >= 15 is 0 Å². The lowest BCUT2D eigenvalue weighted by Crippen LogP contribution is -2.35. The first kappa shape index (κ1) is 19.4. The van der Waals surface area contributed by atoms with Crippen LogP contribution in [0, 0.1) is 11.8 Å². The smallest absolute Gasteiger partial charge is 0.456 e. The number of likely N-dealkylation sites (tertiary alicyclic amines) is 1. The predicted octanol–water partition coefficient (Wildman–Crippen LogP) is -0.776. The molecule has 0 aromatic heterocycles. The van der Waals surface area contributed by atoms with Gasteiger partial charge in [0.15, 0.2) is 0 Å². The lowest BCUT2D eigenvalue weighted by molar-refractivity contribution is -0.142. The first-order valence-electron chi connectivity index (χ1n) is 8.94. The fraction of sp³-hybridized carbons (Fsp3) is 0.867. The second-order valence-corrected chi connectivity index (χ2v) is 8.69. The van der Waals surface area contributed by atoms with Crippen molar-refractivity contribution in [2.45, 2.75) is 31.6 Å². The summed E-state index contributed by atoms with van der Waals surface area (Å²) in [5.74, 6) is -1.10. The van der Waals surface area contributed by atoms with Gasteiger partial charge in [-0.1, -0.05) is 13.3 Å². The molecule has 7 nitrogen and oxygen atoms in total. The Morgan fingerprint density at radius 1 is 1.33 bits per heavy atom. The molecule has 1 unspecified atom stereocenters. The van der Waals surface area contributed by atoms with Crippen LogP contribution in [-0.4, -0.2) is 78.6 Å². The van der Waals surface area contributed by atoms with Gasteiger partial charge in [-0.15, -0.1) is 0 Å².